The third kappa shape index (κ3) is 3.59. The maximum absolute atomic E-state index is 11.1. The Morgan fingerprint density at radius 1 is 1.50 bits per heavy atom. The van der Waals surface area contributed by atoms with Crippen molar-refractivity contribution in [3.05, 3.63) is 34.9 Å². The van der Waals surface area contributed by atoms with Gasteiger partial charge in [0.05, 0.1) is 13.7 Å². The van der Waals surface area contributed by atoms with Crippen LogP contribution in [-0.2, 0) is 9.53 Å². The van der Waals surface area contributed by atoms with Gasteiger partial charge in [0.2, 0.25) is 0 Å². The molecule has 86 valence electrons. The summed E-state index contributed by atoms with van der Waals surface area (Å²) in [5, 5.41) is 0.587. The van der Waals surface area contributed by atoms with Gasteiger partial charge in [0.15, 0.2) is 0 Å². The summed E-state index contributed by atoms with van der Waals surface area (Å²) >= 11 is 5.84. The molecule has 0 aromatic heterocycles. The first-order valence-corrected chi connectivity index (χ1v) is 5.23. The summed E-state index contributed by atoms with van der Waals surface area (Å²) in [6, 6.07) is 5.19. The highest BCUT2D eigenvalue weighted by atomic mass is 35.5. The third-order valence-electron chi connectivity index (χ3n) is 1.88. The number of esters is 1. The molecule has 0 radical (unpaired) electrons. The van der Waals surface area contributed by atoms with Crippen LogP contribution in [0.5, 0.6) is 5.75 Å². The summed E-state index contributed by atoms with van der Waals surface area (Å²) in [4.78, 5) is 11.1. The van der Waals surface area contributed by atoms with Crippen LogP contribution in [0.2, 0.25) is 5.02 Å². The Bertz CT molecular complexity index is 399. The van der Waals surface area contributed by atoms with E-state index in [1.54, 1.807) is 38.3 Å². The van der Waals surface area contributed by atoms with E-state index in [9.17, 15) is 4.79 Å². The molecule has 0 bridgehead atoms. The Balaban J connectivity index is 2.86. The molecule has 0 unspecified atom stereocenters. The molecule has 1 aromatic rings. The second-order valence-corrected chi connectivity index (χ2v) is 3.41. The van der Waals surface area contributed by atoms with E-state index < -0.39 is 0 Å². The van der Waals surface area contributed by atoms with Crippen LogP contribution >= 0.6 is 11.6 Å². The van der Waals surface area contributed by atoms with E-state index in [-0.39, 0.29) is 5.97 Å². The molecular formula is C12H13ClO3. The molecule has 0 amide bonds. The fourth-order valence-electron chi connectivity index (χ4n) is 1.18. The van der Waals surface area contributed by atoms with E-state index in [4.69, 9.17) is 21.1 Å². The standard InChI is InChI=1S/C12H13ClO3/c1-3-16-12(14)7-4-9-8-10(13)5-6-11(9)15-2/h4-8H,3H2,1-2H3/b7-4+. The van der Waals surface area contributed by atoms with E-state index in [0.717, 1.165) is 5.56 Å². The zero-order valence-corrected chi connectivity index (χ0v) is 9.95. The Morgan fingerprint density at radius 2 is 2.25 bits per heavy atom. The number of rotatable bonds is 4. The predicted molar refractivity (Wildman–Crippen MR) is 63.7 cm³/mol. The molecule has 0 spiro atoms. The molecule has 0 atom stereocenters. The van der Waals surface area contributed by atoms with Crippen molar-refractivity contribution in [2.75, 3.05) is 13.7 Å². The lowest BCUT2D eigenvalue weighted by atomic mass is 10.2. The first kappa shape index (κ1) is 12.6. The van der Waals surface area contributed by atoms with Gasteiger partial charge in [-0.2, -0.15) is 0 Å². The highest BCUT2D eigenvalue weighted by Crippen LogP contribution is 2.23. The molecule has 0 saturated heterocycles. The van der Waals surface area contributed by atoms with Crippen LogP contribution in [-0.4, -0.2) is 19.7 Å². The number of ether oxygens (including phenoxy) is 2. The quantitative estimate of drug-likeness (QED) is 0.600. The Hall–Kier alpha value is -1.48. The number of benzene rings is 1. The van der Waals surface area contributed by atoms with Crippen LogP contribution in [0.15, 0.2) is 24.3 Å². The molecule has 0 aliphatic rings. The average molecular weight is 241 g/mol. The largest absolute Gasteiger partial charge is 0.496 e. The number of carbonyl (C=O) groups is 1. The zero-order chi connectivity index (χ0) is 12.0. The molecule has 1 rings (SSSR count). The van der Waals surface area contributed by atoms with E-state index in [1.807, 2.05) is 0 Å². The highest BCUT2D eigenvalue weighted by molar-refractivity contribution is 6.30. The second-order valence-electron chi connectivity index (χ2n) is 2.97. The Kier molecular flexibility index (Phi) is 4.86. The Morgan fingerprint density at radius 3 is 2.88 bits per heavy atom. The molecular weight excluding hydrogens is 228 g/mol. The fourth-order valence-corrected chi connectivity index (χ4v) is 1.36. The van der Waals surface area contributed by atoms with Crippen LogP contribution in [0.1, 0.15) is 12.5 Å². The van der Waals surface area contributed by atoms with Crippen molar-refractivity contribution >= 4 is 23.6 Å². The summed E-state index contributed by atoms with van der Waals surface area (Å²) < 4.78 is 9.90. The molecule has 0 fully saturated rings. The fraction of sp³-hybridized carbons (Fsp3) is 0.250. The lowest BCUT2D eigenvalue weighted by molar-refractivity contribution is -0.137. The van der Waals surface area contributed by atoms with Gasteiger partial charge < -0.3 is 9.47 Å². The van der Waals surface area contributed by atoms with Crippen molar-refractivity contribution in [1.29, 1.82) is 0 Å². The van der Waals surface area contributed by atoms with E-state index in [0.29, 0.717) is 17.4 Å². The van der Waals surface area contributed by atoms with Gasteiger partial charge >= 0.3 is 5.97 Å². The minimum atomic E-state index is -0.385. The topological polar surface area (TPSA) is 35.5 Å². The van der Waals surface area contributed by atoms with Crippen molar-refractivity contribution in [3.63, 3.8) is 0 Å². The molecule has 1 aromatic carbocycles. The van der Waals surface area contributed by atoms with Crippen LogP contribution < -0.4 is 4.74 Å². The summed E-state index contributed by atoms with van der Waals surface area (Å²) in [5.74, 6) is 0.273. The minimum absolute atomic E-state index is 0.357. The lowest BCUT2D eigenvalue weighted by Gasteiger charge is -2.04. The third-order valence-corrected chi connectivity index (χ3v) is 2.11. The molecule has 4 heteroatoms. The minimum Gasteiger partial charge on any atom is -0.496 e. The van der Waals surface area contributed by atoms with Crippen molar-refractivity contribution < 1.29 is 14.3 Å². The van der Waals surface area contributed by atoms with Crippen LogP contribution in [0.4, 0.5) is 0 Å². The van der Waals surface area contributed by atoms with Crippen LogP contribution in [0.25, 0.3) is 6.08 Å². The molecule has 0 heterocycles. The van der Waals surface area contributed by atoms with Crippen LogP contribution in [0.3, 0.4) is 0 Å². The first-order chi connectivity index (χ1) is 7.67. The van der Waals surface area contributed by atoms with Crippen molar-refractivity contribution in [2.24, 2.45) is 0 Å². The zero-order valence-electron chi connectivity index (χ0n) is 9.20. The summed E-state index contributed by atoms with van der Waals surface area (Å²) in [7, 11) is 1.56. The first-order valence-electron chi connectivity index (χ1n) is 4.85. The molecule has 0 aliphatic carbocycles. The van der Waals surface area contributed by atoms with E-state index in [2.05, 4.69) is 0 Å². The van der Waals surface area contributed by atoms with E-state index in [1.165, 1.54) is 6.08 Å². The molecule has 16 heavy (non-hydrogen) atoms. The summed E-state index contributed by atoms with van der Waals surface area (Å²) in [5.41, 5.74) is 0.739. The number of carbonyl (C=O) groups excluding carboxylic acids is 1. The van der Waals surface area contributed by atoms with Crippen molar-refractivity contribution in [3.8, 4) is 5.75 Å². The maximum Gasteiger partial charge on any atom is 0.330 e. The molecule has 0 saturated carbocycles. The Labute approximate surface area is 99.6 Å². The SMILES string of the molecule is CCOC(=O)/C=C/c1cc(Cl)ccc1OC. The smallest absolute Gasteiger partial charge is 0.330 e. The van der Waals surface area contributed by atoms with Gasteiger partial charge in [-0.25, -0.2) is 4.79 Å². The average Bonchev–Trinajstić information content (AvgIpc) is 2.27. The van der Waals surface area contributed by atoms with Gasteiger partial charge in [-0.3, -0.25) is 0 Å². The summed E-state index contributed by atoms with van der Waals surface area (Å²) in [6.07, 6.45) is 2.96. The van der Waals surface area contributed by atoms with Gasteiger partial charge in [-0.05, 0) is 31.2 Å². The van der Waals surface area contributed by atoms with Crippen molar-refractivity contribution in [2.45, 2.75) is 6.92 Å². The molecule has 0 N–H and O–H groups in total. The van der Waals surface area contributed by atoms with Gasteiger partial charge in [0.1, 0.15) is 5.75 Å². The number of halogens is 1. The molecule has 3 nitrogen and oxygen atoms in total. The highest BCUT2D eigenvalue weighted by Gasteiger charge is 2.01. The lowest BCUT2D eigenvalue weighted by Crippen LogP contribution is -1.98. The second kappa shape index (κ2) is 6.18. The monoisotopic (exact) mass is 240 g/mol. The van der Waals surface area contributed by atoms with Gasteiger partial charge in [-0.1, -0.05) is 11.6 Å². The van der Waals surface area contributed by atoms with Gasteiger partial charge in [-0.15, -0.1) is 0 Å². The van der Waals surface area contributed by atoms with Crippen LogP contribution in [0, 0.1) is 0 Å². The number of hydrogen-bond acceptors (Lipinski definition) is 3. The predicted octanol–water partition coefficient (Wildman–Crippen LogP) is 2.92. The normalized spacial score (nSPS) is 10.4. The van der Waals surface area contributed by atoms with Gasteiger partial charge in [0, 0.05) is 16.7 Å². The van der Waals surface area contributed by atoms with Gasteiger partial charge in [0.25, 0.3) is 0 Å². The molecule has 0 aliphatic heterocycles. The number of methoxy groups -OCH3 is 1. The van der Waals surface area contributed by atoms with E-state index >= 15 is 0 Å². The van der Waals surface area contributed by atoms with Crippen molar-refractivity contribution in [1.82, 2.24) is 0 Å². The number of hydrogen-bond donors (Lipinski definition) is 0. The summed E-state index contributed by atoms with van der Waals surface area (Å²) in [6.45, 7) is 2.11. The maximum atomic E-state index is 11.1.